The smallest absolute Gasteiger partial charge is 0.305 e. The Hall–Kier alpha value is -2.06. The van der Waals surface area contributed by atoms with Crippen molar-refractivity contribution in [3.63, 3.8) is 0 Å². The molecule has 1 aliphatic rings. The summed E-state index contributed by atoms with van der Waals surface area (Å²) in [6.07, 6.45) is 2.17. The van der Waals surface area contributed by atoms with Crippen LogP contribution in [0, 0.1) is 0 Å². The maximum atomic E-state index is 12.9. The minimum absolute atomic E-state index is 0.0228. The summed E-state index contributed by atoms with van der Waals surface area (Å²) in [6, 6.07) is 11.7. The van der Waals surface area contributed by atoms with Crippen molar-refractivity contribution in [2.45, 2.75) is 11.3 Å². The van der Waals surface area contributed by atoms with Crippen LogP contribution in [0.3, 0.4) is 0 Å². The molecule has 0 bridgehead atoms. The number of halogens is 2. The van der Waals surface area contributed by atoms with Gasteiger partial charge in [0.05, 0.1) is 16.1 Å². The zero-order valence-electron chi connectivity index (χ0n) is 14.0. The van der Waals surface area contributed by atoms with Crippen molar-refractivity contribution in [1.82, 2.24) is 13.9 Å². The van der Waals surface area contributed by atoms with Crippen LogP contribution in [0.15, 0.2) is 58.2 Å². The third-order valence-corrected chi connectivity index (χ3v) is 7.12. The van der Waals surface area contributed by atoms with Crippen molar-refractivity contribution in [3.8, 4) is 0 Å². The second-order valence-corrected chi connectivity index (χ2v) is 8.92. The summed E-state index contributed by atoms with van der Waals surface area (Å²) in [6.45, 7) is 0.404. The van der Waals surface area contributed by atoms with Gasteiger partial charge in [0.1, 0.15) is 4.90 Å². The van der Waals surface area contributed by atoms with E-state index in [2.05, 4.69) is 4.98 Å². The van der Waals surface area contributed by atoms with Gasteiger partial charge in [-0.15, -0.1) is 0 Å². The van der Waals surface area contributed by atoms with Crippen LogP contribution >= 0.6 is 23.2 Å². The molecule has 4 rings (SSSR count). The van der Waals surface area contributed by atoms with Gasteiger partial charge in [-0.1, -0.05) is 35.3 Å². The standard InChI is InChI=1S/C18H15Cl2N3O3S/c19-12-5-6-17(14(20)11-12)27(25,26)22-9-7-13(8-10-22)23-16-4-2-1-3-15(16)21-18(23)24/h1-7,11H,8-10H2,(H,21,24). The Balaban J connectivity index is 1.67. The number of fused-ring (bicyclic) bond motifs is 1. The molecule has 0 unspecified atom stereocenters. The maximum Gasteiger partial charge on any atom is 0.330 e. The van der Waals surface area contributed by atoms with Crippen LogP contribution in [-0.2, 0) is 10.0 Å². The molecule has 2 heterocycles. The molecule has 0 saturated carbocycles. The fourth-order valence-electron chi connectivity index (χ4n) is 3.22. The SMILES string of the molecule is O=c1[nH]c2ccccc2n1C1=CCN(S(=O)(=O)c2ccc(Cl)cc2Cl)CC1. The Bertz CT molecular complexity index is 1230. The fraction of sp³-hybridized carbons (Fsp3) is 0.167. The zero-order valence-corrected chi connectivity index (χ0v) is 16.4. The summed E-state index contributed by atoms with van der Waals surface area (Å²) in [5, 5.41) is 0.462. The quantitative estimate of drug-likeness (QED) is 0.699. The van der Waals surface area contributed by atoms with Gasteiger partial charge in [-0.3, -0.25) is 4.57 Å². The van der Waals surface area contributed by atoms with Crippen LogP contribution < -0.4 is 5.69 Å². The van der Waals surface area contributed by atoms with Gasteiger partial charge in [0.25, 0.3) is 0 Å². The van der Waals surface area contributed by atoms with E-state index in [4.69, 9.17) is 23.2 Å². The summed E-state index contributed by atoms with van der Waals surface area (Å²) in [5.74, 6) is 0. The molecule has 0 saturated heterocycles. The maximum absolute atomic E-state index is 12.9. The van der Waals surface area contributed by atoms with Crippen LogP contribution in [0.1, 0.15) is 6.42 Å². The predicted molar refractivity (Wildman–Crippen MR) is 107 cm³/mol. The minimum Gasteiger partial charge on any atom is -0.305 e. The van der Waals surface area contributed by atoms with Gasteiger partial charge in [0.2, 0.25) is 10.0 Å². The van der Waals surface area contributed by atoms with Crippen molar-refractivity contribution >= 4 is 50.0 Å². The lowest BCUT2D eigenvalue weighted by Crippen LogP contribution is -2.36. The first-order valence-electron chi connectivity index (χ1n) is 8.22. The molecule has 0 spiro atoms. The van der Waals surface area contributed by atoms with Gasteiger partial charge >= 0.3 is 5.69 Å². The van der Waals surface area contributed by atoms with E-state index >= 15 is 0 Å². The van der Waals surface area contributed by atoms with E-state index in [1.807, 2.05) is 24.3 Å². The summed E-state index contributed by atoms with van der Waals surface area (Å²) in [5.41, 5.74) is 2.04. The number of hydrogen-bond donors (Lipinski definition) is 1. The number of imidazole rings is 1. The molecule has 140 valence electrons. The first-order valence-corrected chi connectivity index (χ1v) is 10.4. The molecule has 1 aromatic heterocycles. The van der Waals surface area contributed by atoms with Crippen molar-refractivity contribution in [1.29, 1.82) is 0 Å². The number of aromatic amines is 1. The summed E-state index contributed by atoms with van der Waals surface area (Å²) in [7, 11) is -3.75. The second-order valence-electron chi connectivity index (χ2n) is 6.17. The van der Waals surface area contributed by atoms with Gasteiger partial charge in [0.15, 0.2) is 0 Å². The zero-order chi connectivity index (χ0) is 19.2. The van der Waals surface area contributed by atoms with Crippen LogP contribution in [0.4, 0.5) is 0 Å². The number of aromatic nitrogens is 2. The number of H-pyrrole nitrogens is 1. The number of rotatable bonds is 3. The number of hydrogen-bond acceptors (Lipinski definition) is 3. The highest BCUT2D eigenvalue weighted by Crippen LogP contribution is 2.29. The lowest BCUT2D eigenvalue weighted by molar-refractivity contribution is 0.438. The van der Waals surface area contributed by atoms with Crippen LogP contribution in [-0.4, -0.2) is 35.4 Å². The molecule has 6 nitrogen and oxygen atoms in total. The summed E-state index contributed by atoms with van der Waals surface area (Å²) in [4.78, 5) is 15.2. The van der Waals surface area contributed by atoms with Gasteiger partial charge in [-0.2, -0.15) is 4.31 Å². The monoisotopic (exact) mass is 423 g/mol. The number of benzene rings is 2. The fourth-order valence-corrected chi connectivity index (χ4v) is 5.35. The number of nitrogens with one attached hydrogen (secondary N) is 1. The van der Waals surface area contributed by atoms with E-state index in [-0.39, 0.29) is 28.7 Å². The average Bonchev–Trinajstić information content (AvgIpc) is 2.97. The van der Waals surface area contributed by atoms with E-state index in [1.54, 1.807) is 10.6 Å². The molecule has 0 aliphatic carbocycles. The topological polar surface area (TPSA) is 75.2 Å². The molecule has 9 heteroatoms. The highest BCUT2D eigenvalue weighted by atomic mass is 35.5. The van der Waals surface area contributed by atoms with E-state index in [0.717, 1.165) is 16.7 Å². The molecule has 1 N–H and O–H groups in total. The van der Waals surface area contributed by atoms with Crippen LogP contribution in [0.25, 0.3) is 16.7 Å². The molecule has 2 aromatic carbocycles. The van der Waals surface area contributed by atoms with E-state index in [9.17, 15) is 13.2 Å². The largest absolute Gasteiger partial charge is 0.330 e. The molecule has 0 atom stereocenters. The van der Waals surface area contributed by atoms with E-state index in [0.29, 0.717) is 11.4 Å². The number of para-hydroxylation sites is 2. The van der Waals surface area contributed by atoms with E-state index < -0.39 is 10.0 Å². The van der Waals surface area contributed by atoms with Crippen molar-refractivity contribution in [3.05, 3.63) is 69.1 Å². The second kappa shape index (κ2) is 6.83. The van der Waals surface area contributed by atoms with E-state index in [1.165, 1.54) is 22.5 Å². The summed E-state index contributed by atoms with van der Waals surface area (Å²) < 4.78 is 28.7. The van der Waals surface area contributed by atoms with Crippen LogP contribution in [0.5, 0.6) is 0 Å². The number of nitrogens with zero attached hydrogens (tertiary/aromatic N) is 2. The van der Waals surface area contributed by atoms with Gasteiger partial charge in [-0.25, -0.2) is 13.2 Å². The Morgan fingerprint density at radius 1 is 1.07 bits per heavy atom. The molecule has 0 radical (unpaired) electrons. The molecule has 3 aromatic rings. The first-order chi connectivity index (χ1) is 12.9. The Morgan fingerprint density at radius 3 is 2.56 bits per heavy atom. The first kappa shape index (κ1) is 18.3. The molecule has 27 heavy (non-hydrogen) atoms. The molecule has 0 fully saturated rings. The molecular formula is C18H15Cl2N3O3S. The lowest BCUT2D eigenvalue weighted by Gasteiger charge is -2.26. The predicted octanol–water partition coefficient (Wildman–Crippen LogP) is 3.57. The molecular weight excluding hydrogens is 409 g/mol. The third-order valence-electron chi connectivity index (χ3n) is 4.54. The van der Waals surface area contributed by atoms with Crippen LogP contribution in [0.2, 0.25) is 10.0 Å². The Morgan fingerprint density at radius 2 is 1.85 bits per heavy atom. The highest BCUT2D eigenvalue weighted by Gasteiger charge is 2.29. The number of sulfonamides is 1. The molecule has 0 amide bonds. The average molecular weight is 424 g/mol. The molecule has 1 aliphatic heterocycles. The van der Waals surface area contributed by atoms with Gasteiger partial charge in [-0.05, 0) is 36.4 Å². The van der Waals surface area contributed by atoms with Gasteiger partial charge in [0, 0.05) is 30.2 Å². The summed E-state index contributed by atoms with van der Waals surface area (Å²) >= 11 is 11.9. The lowest BCUT2D eigenvalue weighted by atomic mass is 10.2. The van der Waals surface area contributed by atoms with Crippen molar-refractivity contribution in [2.24, 2.45) is 0 Å². The Labute approximate surface area is 165 Å². The van der Waals surface area contributed by atoms with Crippen molar-refractivity contribution < 1.29 is 8.42 Å². The minimum atomic E-state index is -3.75. The van der Waals surface area contributed by atoms with Crippen molar-refractivity contribution in [2.75, 3.05) is 13.1 Å². The Kier molecular flexibility index (Phi) is 4.63. The normalized spacial score (nSPS) is 15.9. The van der Waals surface area contributed by atoms with Gasteiger partial charge < -0.3 is 4.98 Å². The third kappa shape index (κ3) is 3.21. The highest BCUT2D eigenvalue weighted by molar-refractivity contribution is 7.89.